The molecule has 5 aromatic rings. The van der Waals surface area contributed by atoms with E-state index < -0.39 is 18.0 Å². The van der Waals surface area contributed by atoms with E-state index in [1.165, 1.54) is 41.1 Å². The van der Waals surface area contributed by atoms with Crippen molar-refractivity contribution in [1.29, 1.82) is 0 Å². The number of imide groups is 1. The molecule has 3 heterocycles. The molecule has 0 aliphatic heterocycles. The van der Waals surface area contributed by atoms with E-state index in [4.69, 9.17) is 21.1 Å². The summed E-state index contributed by atoms with van der Waals surface area (Å²) < 4.78 is 12.5. The molecule has 37 heavy (non-hydrogen) atoms. The first-order chi connectivity index (χ1) is 18.0. The monoisotopic (exact) mass is 567 g/mol. The summed E-state index contributed by atoms with van der Waals surface area (Å²) in [4.78, 5) is 42.1. The molecule has 0 aliphatic carbocycles. The lowest BCUT2D eigenvalue weighted by Crippen LogP contribution is -2.37. The predicted molar refractivity (Wildman–Crippen MR) is 149 cm³/mol. The number of hydrogen-bond acceptors (Lipinski definition) is 8. The molecular formula is C27H18ClNO5S3. The van der Waals surface area contributed by atoms with E-state index in [-0.39, 0.29) is 17.9 Å². The first kappa shape index (κ1) is 25.2. The molecule has 2 amide bonds. The highest BCUT2D eigenvalue weighted by molar-refractivity contribution is 7.28. The first-order valence-electron chi connectivity index (χ1n) is 10.9. The number of amides is 2. The molecule has 0 saturated heterocycles. The average molecular weight is 568 g/mol. The zero-order valence-electron chi connectivity index (χ0n) is 19.3. The van der Waals surface area contributed by atoms with Gasteiger partial charge in [0, 0.05) is 19.8 Å². The summed E-state index contributed by atoms with van der Waals surface area (Å²) in [5.74, 6) is -1.26. The lowest BCUT2D eigenvalue weighted by molar-refractivity contribution is 0.0603. The molecule has 0 radical (unpaired) electrons. The van der Waals surface area contributed by atoms with Crippen LogP contribution < -0.4 is 4.90 Å². The van der Waals surface area contributed by atoms with Gasteiger partial charge in [0.2, 0.25) is 0 Å². The molecule has 0 saturated carbocycles. The highest BCUT2D eigenvalue weighted by Gasteiger charge is 2.34. The van der Waals surface area contributed by atoms with Gasteiger partial charge < -0.3 is 9.47 Å². The van der Waals surface area contributed by atoms with Crippen molar-refractivity contribution >= 4 is 78.7 Å². The van der Waals surface area contributed by atoms with Crippen LogP contribution in [0.2, 0.25) is 5.02 Å². The number of fused-ring (bicyclic) bond motifs is 1. The number of benzene rings is 2. The summed E-state index contributed by atoms with van der Waals surface area (Å²) in [6.45, 7) is -0.0370. The van der Waals surface area contributed by atoms with Crippen LogP contribution in [-0.2, 0) is 16.1 Å². The maximum atomic E-state index is 13.8. The van der Waals surface area contributed by atoms with Crippen LogP contribution in [0, 0.1) is 0 Å². The van der Waals surface area contributed by atoms with Crippen molar-refractivity contribution in [1.82, 2.24) is 0 Å². The summed E-state index contributed by atoms with van der Waals surface area (Å²) in [5.41, 5.74) is 1.66. The van der Waals surface area contributed by atoms with Crippen molar-refractivity contribution in [3.8, 4) is 10.4 Å². The summed E-state index contributed by atoms with van der Waals surface area (Å²) >= 11 is 10.0. The van der Waals surface area contributed by atoms with Gasteiger partial charge in [0.1, 0.15) is 12.2 Å². The molecule has 0 bridgehead atoms. The van der Waals surface area contributed by atoms with Crippen LogP contribution in [0.4, 0.5) is 10.5 Å². The zero-order valence-corrected chi connectivity index (χ0v) is 22.5. The molecule has 10 heteroatoms. The van der Waals surface area contributed by atoms with Gasteiger partial charge in [0.15, 0.2) is 0 Å². The van der Waals surface area contributed by atoms with Gasteiger partial charge in [-0.3, -0.25) is 4.79 Å². The van der Waals surface area contributed by atoms with Gasteiger partial charge >= 0.3 is 12.1 Å². The Kier molecular flexibility index (Phi) is 7.38. The van der Waals surface area contributed by atoms with E-state index >= 15 is 0 Å². The van der Waals surface area contributed by atoms with Gasteiger partial charge in [-0.15, -0.1) is 34.0 Å². The Morgan fingerprint density at radius 2 is 1.70 bits per heavy atom. The molecule has 5 rings (SSSR count). The van der Waals surface area contributed by atoms with Gasteiger partial charge in [-0.05, 0) is 40.8 Å². The molecule has 6 nitrogen and oxygen atoms in total. The lowest BCUT2D eigenvalue weighted by atomic mass is 10.1. The zero-order chi connectivity index (χ0) is 25.9. The Morgan fingerprint density at radius 3 is 2.41 bits per heavy atom. The SMILES string of the molecule is COC(=O)c1c(N(C(=O)OCc2ccccc2)C(=O)c2cc3sccc3s2)csc1-c1ccc(Cl)cc1. The van der Waals surface area contributed by atoms with E-state index in [0.29, 0.717) is 20.3 Å². The highest BCUT2D eigenvalue weighted by Crippen LogP contribution is 2.40. The number of rotatable bonds is 6. The van der Waals surface area contributed by atoms with Crippen LogP contribution >= 0.6 is 45.6 Å². The van der Waals surface area contributed by atoms with Crippen LogP contribution in [0.5, 0.6) is 0 Å². The topological polar surface area (TPSA) is 72.9 Å². The van der Waals surface area contributed by atoms with Gasteiger partial charge in [0.25, 0.3) is 5.91 Å². The molecule has 0 spiro atoms. The van der Waals surface area contributed by atoms with E-state index in [0.717, 1.165) is 19.9 Å². The minimum absolute atomic E-state index is 0.0370. The third-order valence-electron chi connectivity index (χ3n) is 5.45. The number of hydrogen-bond donors (Lipinski definition) is 0. The van der Waals surface area contributed by atoms with Crippen molar-refractivity contribution in [2.24, 2.45) is 0 Å². The third kappa shape index (κ3) is 5.17. The molecule has 0 fully saturated rings. The van der Waals surface area contributed by atoms with Crippen molar-refractivity contribution in [3.05, 3.63) is 98.5 Å². The number of halogens is 1. The Balaban J connectivity index is 1.59. The minimum atomic E-state index is -0.892. The number of ether oxygens (including phenoxy) is 2. The second-order valence-electron chi connectivity index (χ2n) is 7.76. The average Bonchev–Trinajstić information content (AvgIpc) is 3.64. The van der Waals surface area contributed by atoms with E-state index in [1.54, 1.807) is 35.7 Å². The van der Waals surface area contributed by atoms with E-state index in [1.807, 2.05) is 41.8 Å². The Morgan fingerprint density at radius 1 is 0.946 bits per heavy atom. The Hall–Kier alpha value is -3.50. The smallest absolute Gasteiger partial charge is 0.421 e. The standard InChI is InChI=1S/C27H18ClNO5S3/c1-33-26(31)23-19(15-36-24(23)17-7-9-18(28)10-8-17)29(27(32)34-14-16-5-3-2-4-6-16)25(30)22-13-21-20(37-22)11-12-35-21/h2-13,15H,14H2,1H3. The fourth-order valence-electron chi connectivity index (χ4n) is 3.68. The van der Waals surface area contributed by atoms with Gasteiger partial charge in [-0.25, -0.2) is 14.5 Å². The van der Waals surface area contributed by atoms with Crippen LogP contribution in [0.25, 0.3) is 19.8 Å². The van der Waals surface area contributed by atoms with Crippen molar-refractivity contribution < 1.29 is 23.9 Å². The number of nitrogens with zero attached hydrogens (tertiary/aromatic N) is 1. The number of methoxy groups -OCH3 is 1. The molecule has 0 atom stereocenters. The Bertz CT molecular complexity index is 1560. The molecule has 0 N–H and O–H groups in total. The number of carbonyl (C=O) groups is 3. The van der Waals surface area contributed by atoms with Gasteiger partial charge in [-0.1, -0.05) is 54.1 Å². The molecular weight excluding hydrogens is 550 g/mol. The lowest BCUT2D eigenvalue weighted by Gasteiger charge is -2.20. The van der Waals surface area contributed by atoms with Gasteiger partial charge in [-0.2, -0.15) is 0 Å². The summed E-state index contributed by atoms with van der Waals surface area (Å²) in [5, 5.41) is 4.07. The van der Waals surface area contributed by atoms with Crippen LogP contribution in [0.1, 0.15) is 25.6 Å². The normalized spacial score (nSPS) is 10.9. The predicted octanol–water partition coefficient (Wildman–Crippen LogP) is 8.11. The fourth-order valence-corrected chi connectivity index (χ4v) is 6.88. The number of anilines is 1. The van der Waals surface area contributed by atoms with E-state index in [2.05, 4.69) is 0 Å². The molecule has 186 valence electrons. The third-order valence-corrected chi connectivity index (χ3v) is 8.80. The molecule has 0 unspecified atom stereocenters. The highest BCUT2D eigenvalue weighted by atomic mass is 35.5. The van der Waals surface area contributed by atoms with Crippen molar-refractivity contribution in [3.63, 3.8) is 0 Å². The number of carbonyl (C=O) groups excluding carboxylic acids is 3. The quantitative estimate of drug-likeness (QED) is 0.194. The first-order valence-corrected chi connectivity index (χ1v) is 13.9. The summed E-state index contributed by atoms with van der Waals surface area (Å²) in [7, 11) is 1.25. The maximum absolute atomic E-state index is 13.8. The second-order valence-corrected chi connectivity index (χ2v) is 11.1. The van der Waals surface area contributed by atoms with E-state index in [9.17, 15) is 14.4 Å². The molecule has 2 aromatic carbocycles. The second kappa shape index (κ2) is 10.9. The number of thiophene rings is 3. The number of esters is 1. The summed E-state index contributed by atoms with van der Waals surface area (Å²) in [6.07, 6.45) is -0.892. The van der Waals surface area contributed by atoms with Crippen molar-refractivity contribution in [2.75, 3.05) is 12.0 Å². The Labute approximate surface area is 229 Å². The molecule has 3 aromatic heterocycles. The summed E-state index contributed by atoms with van der Waals surface area (Å²) in [6, 6.07) is 19.7. The maximum Gasteiger partial charge on any atom is 0.421 e. The van der Waals surface area contributed by atoms with Gasteiger partial charge in [0.05, 0.1) is 22.6 Å². The minimum Gasteiger partial charge on any atom is -0.465 e. The van der Waals surface area contributed by atoms with Crippen molar-refractivity contribution in [2.45, 2.75) is 6.61 Å². The largest absolute Gasteiger partial charge is 0.465 e. The van der Waals surface area contributed by atoms with Crippen LogP contribution in [0.15, 0.2) is 77.5 Å². The van der Waals surface area contributed by atoms with Crippen LogP contribution in [-0.4, -0.2) is 25.1 Å². The molecule has 0 aliphatic rings. The van der Waals surface area contributed by atoms with Crippen LogP contribution in [0.3, 0.4) is 0 Å². The fraction of sp³-hybridized carbons (Fsp3) is 0.0741.